The van der Waals surface area contributed by atoms with Gasteiger partial charge in [0.2, 0.25) is 0 Å². The van der Waals surface area contributed by atoms with Crippen LogP contribution in [-0.2, 0) is 27.4 Å². The zero-order valence-electron chi connectivity index (χ0n) is 18.7. The Morgan fingerprint density at radius 2 is 1.52 bits per heavy atom. The molecule has 0 fully saturated rings. The summed E-state index contributed by atoms with van der Waals surface area (Å²) in [4.78, 5) is 27.2. The van der Waals surface area contributed by atoms with Crippen LogP contribution in [0.2, 0.25) is 0 Å². The molecule has 0 radical (unpaired) electrons. The minimum Gasteiger partial charge on any atom is -0.504 e. The minimum absolute atomic E-state index is 0.00775. The molecule has 6 nitrogen and oxygen atoms in total. The van der Waals surface area contributed by atoms with E-state index in [9.17, 15) is 14.7 Å². The molecule has 0 saturated carbocycles. The van der Waals surface area contributed by atoms with Crippen LogP contribution in [0.5, 0.6) is 11.5 Å². The van der Waals surface area contributed by atoms with Gasteiger partial charge in [0.1, 0.15) is 0 Å². The molecule has 0 aromatic heterocycles. The Kier molecular flexibility index (Phi) is 8.24. The fourth-order valence-electron chi connectivity index (χ4n) is 3.30. The summed E-state index contributed by atoms with van der Waals surface area (Å²) in [6.07, 6.45) is 1.82. The molecule has 0 saturated heterocycles. The predicted octanol–water partition coefficient (Wildman–Crippen LogP) is 4.57. The molecular weight excluding hydrogens is 418 g/mol. The number of hydrogen-bond acceptors (Lipinski definition) is 5. The zero-order chi connectivity index (χ0) is 23.6. The maximum atomic E-state index is 13.2. The van der Waals surface area contributed by atoms with Crippen molar-refractivity contribution in [1.29, 1.82) is 0 Å². The Morgan fingerprint density at radius 3 is 2.06 bits per heavy atom. The molecule has 3 rings (SSSR count). The molecule has 33 heavy (non-hydrogen) atoms. The van der Waals surface area contributed by atoms with Crippen LogP contribution in [0.1, 0.15) is 23.6 Å². The van der Waals surface area contributed by atoms with Gasteiger partial charge in [0.25, 0.3) is 5.91 Å². The van der Waals surface area contributed by atoms with Crippen molar-refractivity contribution in [2.75, 3.05) is 7.11 Å². The van der Waals surface area contributed by atoms with Crippen molar-refractivity contribution in [3.63, 3.8) is 0 Å². The Labute approximate surface area is 193 Å². The molecule has 3 aromatic carbocycles. The fraction of sp³-hybridized carbons (Fsp3) is 0.185. The first-order chi connectivity index (χ1) is 16.0. The van der Waals surface area contributed by atoms with Crippen LogP contribution in [0, 0.1) is 0 Å². The Balaban J connectivity index is 1.67. The summed E-state index contributed by atoms with van der Waals surface area (Å²) in [5.74, 6) is -0.613. The van der Waals surface area contributed by atoms with Crippen LogP contribution in [0.3, 0.4) is 0 Å². The van der Waals surface area contributed by atoms with Crippen LogP contribution in [0.25, 0.3) is 6.08 Å². The second kappa shape index (κ2) is 11.5. The van der Waals surface area contributed by atoms with E-state index in [1.54, 1.807) is 24.0 Å². The summed E-state index contributed by atoms with van der Waals surface area (Å²) in [7, 11) is 1.45. The largest absolute Gasteiger partial charge is 0.504 e. The molecule has 1 N–H and O–H groups in total. The van der Waals surface area contributed by atoms with E-state index in [0.29, 0.717) is 24.4 Å². The zero-order valence-corrected chi connectivity index (χ0v) is 18.7. The highest BCUT2D eigenvalue weighted by Gasteiger charge is 2.23. The lowest BCUT2D eigenvalue weighted by atomic mass is 10.1. The Bertz CT molecular complexity index is 1050. The van der Waals surface area contributed by atoms with E-state index < -0.39 is 12.1 Å². The topological polar surface area (TPSA) is 76.1 Å². The van der Waals surface area contributed by atoms with Gasteiger partial charge in [-0.05, 0) is 41.8 Å². The van der Waals surface area contributed by atoms with Gasteiger partial charge >= 0.3 is 5.97 Å². The normalized spacial score (nSPS) is 11.7. The van der Waals surface area contributed by atoms with Crippen LogP contribution in [-0.4, -0.2) is 35.1 Å². The van der Waals surface area contributed by atoms with Crippen molar-refractivity contribution < 1.29 is 24.2 Å². The molecule has 6 heteroatoms. The third-order valence-electron chi connectivity index (χ3n) is 5.00. The van der Waals surface area contributed by atoms with Crippen molar-refractivity contribution in [2.45, 2.75) is 26.1 Å². The predicted molar refractivity (Wildman–Crippen MR) is 126 cm³/mol. The summed E-state index contributed by atoms with van der Waals surface area (Å²) in [6, 6.07) is 24.1. The van der Waals surface area contributed by atoms with E-state index in [4.69, 9.17) is 9.47 Å². The Morgan fingerprint density at radius 1 is 0.939 bits per heavy atom. The summed E-state index contributed by atoms with van der Waals surface area (Å²) in [6.45, 7) is 2.37. The first kappa shape index (κ1) is 23.6. The van der Waals surface area contributed by atoms with Gasteiger partial charge < -0.3 is 19.5 Å². The second-order valence-electron chi connectivity index (χ2n) is 7.51. The van der Waals surface area contributed by atoms with Gasteiger partial charge in [-0.25, -0.2) is 4.79 Å². The lowest BCUT2D eigenvalue weighted by Gasteiger charge is -2.26. The van der Waals surface area contributed by atoms with Gasteiger partial charge in [-0.15, -0.1) is 0 Å². The van der Waals surface area contributed by atoms with Gasteiger partial charge in [0, 0.05) is 19.2 Å². The molecule has 170 valence electrons. The van der Waals surface area contributed by atoms with Crippen molar-refractivity contribution in [3.8, 4) is 11.5 Å². The van der Waals surface area contributed by atoms with E-state index in [1.807, 2.05) is 60.7 Å². The molecule has 0 spiro atoms. The standard InChI is InChI=1S/C27H27NO5/c1-20(33-26(30)16-14-21-13-15-24(29)25(17-21)32-2)27(31)28(18-22-9-5-3-6-10-22)19-23-11-7-4-8-12-23/h3-17,20,29H,18-19H2,1-2H3/b16-14+. The Hall–Kier alpha value is -4.06. The van der Waals surface area contributed by atoms with Crippen molar-refractivity contribution >= 4 is 18.0 Å². The first-order valence-electron chi connectivity index (χ1n) is 10.6. The third kappa shape index (κ3) is 6.97. The summed E-state index contributed by atoms with van der Waals surface area (Å²) < 4.78 is 10.4. The number of methoxy groups -OCH3 is 1. The highest BCUT2D eigenvalue weighted by Crippen LogP contribution is 2.26. The highest BCUT2D eigenvalue weighted by atomic mass is 16.5. The number of amides is 1. The van der Waals surface area contributed by atoms with E-state index in [-0.39, 0.29) is 11.7 Å². The molecule has 0 heterocycles. The van der Waals surface area contributed by atoms with Gasteiger partial charge in [-0.1, -0.05) is 66.7 Å². The molecule has 3 aromatic rings. The van der Waals surface area contributed by atoms with Gasteiger partial charge in [-0.2, -0.15) is 0 Å². The fourth-order valence-corrected chi connectivity index (χ4v) is 3.30. The number of nitrogens with zero attached hydrogens (tertiary/aromatic N) is 1. The lowest BCUT2D eigenvalue weighted by molar-refractivity contribution is -0.156. The molecular formula is C27H27NO5. The van der Waals surface area contributed by atoms with Crippen molar-refractivity contribution in [3.05, 3.63) is 102 Å². The smallest absolute Gasteiger partial charge is 0.331 e. The summed E-state index contributed by atoms with van der Waals surface area (Å²) in [5.41, 5.74) is 2.62. The molecule has 1 amide bonds. The lowest BCUT2D eigenvalue weighted by Crippen LogP contribution is -2.39. The molecule has 0 bridgehead atoms. The van der Waals surface area contributed by atoms with Crippen LogP contribution >= 0.6 is 0 Å². The molecule has 1 atom stereocenters. The number of ether oxygens (including phenoxy) is 2. The number of rotatable bonds is 9. The summed E-state index contributed by atoms with van der Waals surface area (Å²) in [5, 5.41) is 9.67. The minimum atomic E-state index is -0.955. The number of carbonyl (C=O) groups excluding carboxylic acids is 2. The van der Waals surface area contributed by atoms with Gasteiger partial charge in [0.15, 0.2) is 17.6 Å². The third-order valence-corrected chi connectivity index (χ3v) is 5.00. The average Bonchev–Trinajstić information content (AvgIpc) is 2.84. The average molecular weight is 446 g/mol. The number of phenolic OH excluding ortho intramolecular Hbond substituents is 1. The van der Waals surface area contributed by atoms with Gasteiger partial charge in [0.05, 0.1) is 7.11 Å². The summed E-state index contributed by atoms with van der Waals surface area (Å²) >= 11 is 0. The van der Waals surface area contributed by atoms with Crippen LogP contribution < -0.4 is 4.74 Å². The quantitative estimate of drug-likeness (QED) is 0.386. The molecule has 0 aliphatic rings. The van der Waals surface area contributed by atoms with Crippen LogP contribution in [0.15, 0.2) is 84.9 Å². The monoisotopic (exact) mass is 445 g/mol. The number of benzene rings is 3. The second-order valence-corrected chi connectivity index (χ2v) is 7.51. The maximum absolute atomic E-state index is 13.2. The van der Waals surface area contributed by atoms with E-state index in [1.165, 1.54) is 25.3 Å². The highest BCUT2D eigenvalue weighted by molar-refractivity contribution is 5.90. The van der Waals surface area contributed by atoms with Gasteiger partial charge in [-0.3, -0.25) is 4.79 Å². The van der Waals surface area contributed by atoms with Crippen molar-refractivity contribution in [2.24, 2.45) is 0 Å². The van der Waals surface area contributed by atoms with E-state index in [0.717, 1.165) is 11.1 Å². The number of phenols is 1. The van der Waals surface area contributed by atoms with E-state index >= 15 is 0 Å². The molecule has 1 unspecified atom stereocenters. The molecule has 0 aliphatic carbocycles. The number of aromatic hydroxyl groups is 1. The molecule has 0 aliphatic heterocycles. The van der Waals surface area contributed by atoms with Crippen molar-refractivity contribution in [1.82, 2.24) is 4.90 Å². The number of esters is 1. The number of carbonyl (C=O) groups is 2. The SMILES string of the molecule is COc1cc(/C=C/C(=O)OC(C)C(=O)N(Cc2ccccc2)Cc2ccccc2)ccc1O. The van der Waals surface area contributed by atoms with Crippen LogP contribution in [0.4, 0.5) is 0 Å². The maximum Gasteiger partial charge on any atom is 0.331 e. The first-order valence-corrected chi connectivity index (χ1v) is 10.6. The van der Waals surface area contributed by atoms with E-state index in [2.05, 4.69) is 0 Å². The number of hydrogen-bond donors (Lipinski definition) is 1.